The minimum absolute atomic E-state index is 0.157. The lowest BCUT2D eigenvalue weighted by Gasteiger charge is -2.39. The van der Waals surface area contributed by atoms with E-state index in [2.05, 4.69) is 12.2 Å². The van der Waals surface area contributed by atoms with E-state index in [1.165, 1.54) is 32.1 Å². The molecular formula is C12H20N2O2. The van der Waals surface area contributed by atoms with Crippen LogP contribution in [-0.2, 0) is 9.59 Å². The van der Waals surface area contributed by atoms with Crippen LogP contribution < -0.4 is 5.32 Å². The monoisotopic (exact) mass is 224 g/mol. The number of hydrogen-bond donors (Lipinski definition) is 1. The number of carbonyl (C=O) groups excluding carboxylic acids is 2. The average Bonchev–Trinajstić information content (AvgIpc) is 2.15. The van der Waals surface area contributed by atoms with Gasteiger partial charge in [-0.3, -0.25) is 19.8 Å². The molecule has 1 aliphatic heterocycles. The SMILES string of the molecule is CC1(CN2CC(=O)NC(=O)C2)CCCCC1. The van der Waals surface area contributed by atoms with Crippen molar-refractivity contribution in [2.24, 2.45) is 5.41 Å². The van der Waals surface area contributed by atoms with Crippen molar-refractivity contribution in [2.75, 3.05) is 19.6 Å². The van der Waals surface area contributed by atoms with Gasteiger partial charge in [0, 0.05) is 6.54 Å². The fraction of sp³-hybridized carbons (Fsp3) is 0.833. The first-order valence-corrected chi connectivity index (χ1v) is 6.12. The number of carbonyl (C=O) groups is 2. The first-order chi connectivity index (χ1) is 7.57. The van der Waals surface area contributed by atoms with E-state index < -0.39 is 0 Å². The molecule has 0 radical (unpaired) electrons. The predicted molar refractivity (Wildman–Crippen MR) is 60.8 cm³/mol. The van der Waals surface area contributed by atoms with E-state index in [1.807, 2.05) is 4.90 Å². The first kappa shape index (κ1) is 11.6. The van der Waals surface area contributed by atoms with Crippen LogP contribution in [0.2, 0.25) is 0 Å². The van der Waals surface area contributed by atoms with E-state index in [9.17, 15) is 9.59 Å². The zero-order valence-electron chi connectivity index (χ0n) is 9.92. The van der Waals surface area contributed by atoms with Gasteiger partial charge in [-0.1, -0.05) is 26.2 Å². The number of amides is 2. The van der Waals surface area contributed by atoms with Crippen molar-refractivity contribution in [3.8, 4) is 0 Å². The number of nitrogens with one attached hydrogen (secondary N) is 1. The molecule has 0 unspecified atom stereocenters. The van der Waals surface area contributed by atoms with Crippen LogP contribution in [0.5, 0.6) is 0 Å². The topological polar surface area (TPSA) is 49.4 Å². The molecule has 1 aliphatic carbocycles. The van der Waals surface area contributed by atoms with E-state index in [1.54, 1.807) is 0 Å². The van der Waals surface area contributed by atoms with Gasteiger partial charge in [-0.25, -0.2) is 0 Å². The molecule has 1 N–H and O–H groups in total. The Kier molecular flexibility index (Phi) is 3.28. The molecule has 2 aliphatic rings. The summed E-state index contributed by atoms with van der Waals surface area (Å²) in [6.07, 6.45) is 6.34. The molecule has 0 spiro atoms. The van der Waals surface area contributed by atoms with Crippen LogP contribution in [0.4, 0.5) is 0 Å². The van der Waals surface area contributed by atoms with Gasteiger partial charge in [-0.05, 0) is 18.3 Å². The van der Waals surface area contributed by atoms with Crippen molar-refractivity contribution in [3.05, 3.63) is 0 Å². The van der Waals surface area contributed by atoms with Gasteiger partial charge in [-0.2, -0.15) is 0 Å². The van der Waals surface area contributed by atoms with Gasteiger partial charge < -0.3 is 0 Å². The highest BCUT2D eigenvalue weighted by atomic mass is 16.2. The zero-order chi connectivity index (χ0) is 11.6. The molecule has 0 aromatic carbocycles. The second-order valence-electron chi connectivity index (χ2n) is 5.49. The van der Waals surface area contributed by atoms with Crippen molar-refractivity contribution in [2.45, 2.75) is 39.0 Å². The molecule has 1 heterocycles. The fourth-order valence-corrected chi connectivity index (χ4v) is 2.91. The van der Waals surface area contributed by atoms with Gasteiger partial charge in [-0.15, -0.1) is 0 Å². The van der Waals surface area contributed by atoms with Gasteiger partial charge >= 0.3 is 0 Å². The van der Waals surface area contributed by atoms with Crippen LogP contribution in [0.1, 0.15) is 39.0 Å². The summed E-state index contributed by atoms with van der Waals surface area (Å²) in [6.45, 7) is 3.91. The molecule has 0 atom stereocenters. The molecule has 0 aromatic heterocycles. The molecule has 1 saturated heterocycles. The Hall–Kier alpha value is -0.900. The Morgan fingerprint density at radius 1 is 1.12 bits per heavy atom. The normalized spacial score (nSPS) is 26.6. The first-order valence-electron chi connectivity index (χ1n) is 6.12. The third-order valence-electron chi connectivity index (χ3n) is 3.68. The molecule has 16 heavy (non-hydrogen) atoms. The van der Waals surface area contributed by atoms with Crippen molar-refractivity contribution in [1.82, 2.24) is 10.2 Å². The zero-order valence-corrected chi connectivity index (χ0v) is 9.92. The Labute approximate surface area is 96.4 Å². The smallest absolute Gasteiger partial charge is 0.240 e. The molecule has 4 nitrogen and oxygen atoms in total. The van der Waals surface area contributed by atoms with E-state index in [-0.39, 0.29) is 11.8 Å². The van der Waals surface area contributed by atoms with Crippen LogP contribution in [-0.4, -0.2) is 36.3 Å². The largest absolute Gasteiger partial charge is 0.294 e. The van der Waals surface area contributed by atoms with E-state index >= 15 is 0 Å². The Balaban J connectivity index is 1.92. The Morgan fingerprint density at radius 3 is 2.25 bits per heavy atom. The van der Waals surface area contributed by atoms with Gasteiger partial charge in [0.2, 0.25) is 11.8 Å². The molecular weight excluding hydrogens is 204 g/mol. The van der Waals surface area contributed by atoms with Crippen LogP contribution in [0, 0.1) is 5.41 Å². The van der Waals surface area contributed by atoms with E-state index in [0.717, 1.165) is 6.54 Å². The van der Waals surface area contributed by atoms with Crippen LogP contribution in [0.3, 0.4) is 0 Å². The highest BCUT2D eigenvalue weighted by molar-refractivity contribution is 5.99. The van der Waals surface area contributed by atoms with Crippen LogP contribution in [0.25, 0.3) is 0 Å². The summed E-state index contributed by atoms with van der Waals surface area (Å²) < 4.78 is 0. The average molecular weight is 224 g/mol. The highest BCUT2D eigenvalue weighted by Gasteiger charge is 2.32. The second-order valence-corrected chi connectivity index (χ2v) is 5.49. The lowest BCUT2D eigenvalue weighted by atomic mass is 9.75. The highest BCUT2D eigenvalue weighted by Crippen LogP contribution is 2.36. The lowest BCUT2D eigenvalue weighted by molar-refractivity contribution is -0.136. The summed E-state index contributed by atoms with van der Waals surface area (Å²) in [4.78, 5) is 24.5. The molecule has 90 valence electrons. The molecule has 2 rings (SSSR count). The Bertz CT molecular complexity index is 279. The summed E-state index contributed by atoms with van der Waals surface area (Å²) in [5, 5.41) is 2.34. The maximum Gasteiger partial charge on any atom is 0.240 e. The van der Waals surface area contributed by atoms with Crippen LogP contribution >= 0.6 is 0 Å². The number of nitrogens with zero attached hydrogens (tertiary/aromatic N) is 1. The molecule has 0 bridgehead atoms. The minimum Gasteiger partial charge on any atom is -0.294 e. The Morgan fingerprint density at radius 2 is 1.69 bits per heavy atom. The molecule has 0 aromatic rings. The van der Waals surface area contributed by atoms with E-state index in [0.29, 0.717) is 18.5 Å². The summed E-state index contributed by atoms with van der Waals surface area (Å²) in [5.41, 5.74) is 0.302. The molecule has 1 saturated carbocycles. The summed E-state index contributed by atoms with van der Waals surface area (Å²) in [7, 11) is 0. The standard InChI is InChI=1S/C12H20N2O2/c1-12(5-3-2-4-6-12)9-14-7-10(15)13-11(16)8-14/h2-9H2,1H3,(H,13,15,16). The second kappa shape index (κ2) is 4.53. The summed E-state index contributed by atoms with van der Waals surface area (Å²) >= 11 is 0. The maximum absolute atomic E-state index is 11.3. The van der Waals surface area contributed by atoms with Gasteiger partial charge in [0.1, 0.15) is 0 Å². The van der Waals surface area contributed by atoms with Crippen molar-refractivity contribution < 1.29 is 9.59 Å². The van der Waals surface area contributed by atoms with Gasteiger partial charge in [0.25, 0.3) is 0 Å². The van der Waals surface area contributed by atoms with Crippen molar-refractivity contribution >= 4 is 11.8 Å². The van der Waals surface area contributed by atoms with Crippen LogP contribution in [0.15, 0.2) is 0 Å². The number of piperazine rings is 1. The number of imide groups is 1. The van der Waals surface area contributed by atoms with Gasteiger partial charge in [0.15, 0.2) is 0 Å². The summed E-state index contributed by atoms with van der Waals surface area (Å²) in [5.74, 6) is -0.314. The fourth-order valence-electron chi connectivity index (χ4n) is 2.91. The van der Waals surface area contributed by atoms with Crippen molar-refractivity contribution in [3.63, 3.8) is 0 Å². The maximum atomic E-state index is 11.3. The lowest BCUT2D eigenvalue weighted by Crippen LogP contribution is -2.53. The van der Waals surface area contributed by atoms with Crippen molar-refractivity contribution in [1.29, 1.82) is 0 Å². The van der Waals surface area contributed by atoms with Gasteiger partial charge in [0.05, 0.1) is 13.1 Å². The van der Waals surface area contributed by atoms with E-state index in [4.69, 9.17) is 0 Å². The minimum atomic E-state index is -0.157. The third kappa shape index (κ3) is 2.82. The quantitative estimate of drug-likeness (QED) is 0.709. The predicted octanol–water partition coefficient (Wildman–Crippen LogP) is 0.915. The molecule has 2 fully saturated rings. The molecule has 4 heteroatoms. The summed E-state index contributed by atoms with van der Waals surface area (Å²) in [6, 6.07) is 0. The number of rotatable bonds is 2. The third-order valence-corrected chi connectivity index (χ3v) is 3.68. The molecule has 2 amide bonds. The number of hydrogen-bond acceptors (Lipinski definition) is 3.